The standard InChI is InChI=1S/C12H16BrN5O/c1-9(14-6-7-19-2)12-15-16-17-18(12)11-5-3-4-10(13)8-11/h3-5,8-9,14H,6-7H2,1-2H3. The fraction of sp³-hybridized carbons (Fsp3) is 0.417. The molecule has 102 valence electrons. The highest BCUT2D eigenvalue weighted by Gasteiger charge is 2.15. The normalized spacial score (nSPS) is 12.6. The number of benzene rings is 1. The molecule has 6 nitrogen and oxygen atoms in total. The summed E-state index contributed by atoms with van der Waals surface area (Å²) in [6.45, 7) is 3.43. The van der Waals surface area contributed by atoms with Crippen LogP contribution in [0.15, 0.2) is 28.7 Å². The van der Waals surface area contributed by atoms with Gasteiger partial charge in [-0.05, 0) is 35.5 Å². The maximum Gasteiger partial charge on any atom is 0.173 e. The predicted octanol–water partition coefficient (Wildman–Crippen LogP) is 1.72. The van der Waals surface area contributed by atoms with Gasteiger partial charge in [0, 0.05) is 18.1 Å². The molecule has 1 heterocycles. The summed E-state index contributed by atoms with van der Waals surface area (Å²) >= 11 is 3.45. The van der Waals surface area contributed by atoms with Crippen molar-refractivity contribution in [1.82, 2.24) is 25.5 Å². The average Bonchev–Trinajstić information content (AvgIpc) is 2.88. The molecule has 0 amide bonds. The molecule has 7 heteroatoms. The van der Waals surface area contributed by atoms with Crippen molar-refractivity contribution in [3.05, 3.63) is 34.6 Å². The third-order valence-electron chi connectivity index (χ3n) is 2.69. The number of rotatable bonds is 6. The van der Waals surface area contributed by atoms with Crippen molar-refractivity contribution < 1.29 is 4.74 Å². The largest absolute Gasteiger partial charge is 0.383 e. The van der Waals surface area contributed by atoms with E-state index in [1.54, 1.807) is 11.8 Å². The van der Waals surface area contributed by atoms with Gasteiger partial charge in [-0.1, -0.05) is 22.0 Å². The summed E-state index contributed by atoms with van der Waals surface area (Å²) in [5, 5.41) is 15.2. The highest BCUT2D eigenvalue weighted by atomic mass is 79.9. The molecule has 0 aliphatic heterocycles. The van der Waals surface area contributed by atoms with Gasteiger partial charge in [0.1, 0.15) is 0 Å². The van der Waals surface area contributed by atoms with E-state index in [0.717, 1.165) is 22.5 Å². The smallest absolute Gasteiger partial charge is 0.173 e. The van der Waals surface area contributed by atoms with Gasteiger partial charge in [-0.15, -0.1) is 5.10 Å². The Hall–Kier alpha value is -1.31. The molecule has 0 saturated carbocycles. The number of halogens is 1. The lowest BCUT2D eigenvalue weighted by atomic mass is 10.3. The fourth-order valence-corrected chi connectivity index (χ4v) is 2.11. The molecule has 0 fully saturated rings. The second-order valence-electron chi connectivity index (χ2n) is 4.10. The lowest BCUT2D eigenvalue weighted by molar-refractivity contribution is 0.196. The molecule has 0 bridgehead atoms. The monoisotopic (exact) mass is 325 g/mol. The van der Waals surface area contributed by atoms with Crippen molar-refractivity contribution >= 4 is 15.9 Å². The van der Waals surface area contributed by atoms with Crippen LogP contribution in [0.1, 0.15) is 18.8 Å². The summed E-state index contributed by atoms with van der Waals surface area (Å²) < 4.78 is 7.74. The first-order valence-corrected chi connectivity index (χ1v) is 6.78. The molecule has 1 aromatic heterocycles. The van der Waals surface area contributed by atoms with E-state index >= 15 is 0 Å². The van der Waals surface area contributed by atoms with Crippen molar-refractivity contribution in [3.8, 4) is 5.69 Å². The van der Waals surface area contributed by atoms with E-state index in [1.165, 1.54) is 0 Å². The van der Waals surface area contributed by atoms with Crippen molar-refractivity contribution in [2.24, 2.45) is 0 Å². The lowest BCUT2D eigenvalue weighted by Crippen LogP contribution is -2.25. The van der Waals surface area contributed by atoms with Gasteiger partial charge >= 0.3 is 0 Å². The molecule has 19 heavy (non-hydrogen) atoms. The van der Waals surface area contributed by atoms with Crippen LogP contribution in [0.3, 0.4) is 0 Å². The number of tetrazole rings is 1. The second-order valence-corrected chi connectivity index (χ2v) is 5.01. The van der Waals surface area contributed by atoms with E-state index in [2.05, 4.69) is 36.8 Å². The second kappa shape index (κ2) is 6.74. The van der Waals surface area contributed by atoms with Gasteiger partial charge in [0.15, 0.2) is 5.82 Å². The molecule has 1 atom stereocenters. The maximum atomic E-state index is 5.01. The van der Waals surface area contributed by atoms with Crippen LogP contribution in [-0.4, -0.2) is 40.5 Å². The number of aromatic nitrogens is 4. The topological polar surface area (TPSA) is 64.9 Å². The molecule has 2 rings (SSSR count). The van der Waals surface area contributed by atoms with Crippen molar-refractivity contribution in [1.29, 1.82) is 0 Å². The molecule has 0 aliphatic rings. The van der Waals surface area contributed by atoms with Gasteiger partial charge in [0.2, 0.25) is 0 Å². The number of nitrogens with one attached hydrogen (secondary N) is 1. The third-order valence-corrected chi connectivity index (χ3v) is 3.18. The summed E-state index contributed by atoms with van der Waals surface area (Å²) in [4.78, 5) is 0. The summed E-state index contributed by atoms with van der Waals surface area (Å²) in [6, 6.07) is 7.90. The van der Waals surface area contributed by atoms with Crippen LogP contribution in [0.25, 0.3) is 5.69 Å². The first-order valence-electron chi connectivity index (χ1n) is 5.99. The number of nitrogens with zero attached hydrogens (tertiary/aromatic N) is 4. The van der Waals surface area contributed by atoms with E-state index in [9.17, 15) is 0 Å². The van der Waals surface area contributed by atoms with Gasteiger partial charge in [-0.2, -0.15) is 4.68 Å². The van der Waals surface area contributed by atoms with E-state index in [0.29, 0.717) is 6.61 Å². The minimum Gasteiger partial charge on any atom is -0.383 e. The zero-order chi connectivity index (χ0) is 13.7. The first-order chi connectivity index (χ1) is 9.22. The number of ether oxygens (including phenoxy) is 1. The molecule has 2 aromatic rings. The van der Waals surface area contributed by atoms with Crippen LogP contribution in [-0.2, 0) is 4.74 Å². The Morgan fingerprint density at radius 3 is 3.05 bits per heavy atom. The van der Waals surface area contributed by atoms with Crippen LogP contribution in [0.5, 0.6) is 0 Å². The third kappa shape index (κ3) is 3.59. The molecular formula is C12H16BrN5O. The van der Waals surface area contributed by atoms with Crippen LogP contribution in [0.4, 0.5) is 0 Å². The molecule has 0 aliphatic carbocycles. The highest BCUT2D eigenvalue weighted by Crippen LogP contribution is 2.17. The number of hydrogen-bond donors (Lipinski definition) is 1. The van der Waals surface area contributed by atoms with Gasteiger partial charge < -0.3 is 10.1 Å². The number of methoxy groups -OCH3 is 1. The quantitative estimate of drug-likeness (QED) is 0.819. The molecule has 1 N–H and O–H groups in total. The molecular weight excluding hydrogens is 310 g/mol. The minimum atomic E-state index is 0.0455. The lowest BCUT2D eigenvalue weighted by Gasteiger charge is -2.13. The Labute approximate surface area is 120 Å². The Kier molecular flexibility index (Phi) is 5.00. The summed E-state index contributed by atoms with van der Waals surface area (Å²) in [7, 11) is 1.68. The zero-order valence-corrected chi connectivity index (χ0v) is 12.5. The van der Waals surface area contributed by atoms with E-state index < -0.39 is 0 Å². The Morgan fingerprint density at radius 2 is 2.32 bits per heavy atom. The summed E-state index contributed by atoms with van der Waals surface area (Å²) in [6.07, 6.45) is 0. The Bertz CT molecular complexity index is 530. The van der Waals surface area contributed by atoms with Gasteiger partial charge in [-0.25, -0.2) is 0 Å². The Balaban J connectivity index is 2.17. The first kappa shape index (κ1) is 14.1. The average molecular weight is 326 g/mol. The minimum absolute atomic E-state index is 0.0455. The summed E-state index contributed by atoms with van der Waals surface area (Å²) in [5.74, 6) is 0.772. The van der Waals surface area contributed by atoms with E-state index in [1.807, 2.05) is 31.2 Å². The fourth-order valence-electron chi connectivity index (χ4n) is 1.72. The predicted molar refractivity (Wildman–Crippen MR) is 75.1 cm³/mol. The SMILES string of the molecule is COCCNC(C)c1nnnn1-c1cccc(Br)c1. The molecule has 0 saturated heterocycles. The van der Waals surface area contributed by atoms with Crippen molar-refractivity contribution in [2.75, 3.05) is 20.3 Å². The molecule has 0 spiro atoms. The highest BCUT2D eigenvalue weighted by molar-refractivity contribution is 9.10. The number of hydrogen-bond acceptors (Lipinski definition) is 5. The Morgan fingerprint density at radius 1 is 1.47 bits per heavy atom. The van der Waals surface area contributed by atoms with E-state index in [-0.39, 0.29) is 6.04 Å². The molecule has 1 aromatic carbocycles. The van der Waals surface area contributed by atoms with Crippen LogP contribution in [0, 0.1) is 0 Å². The van der Waals surface area contributed by atoms with Crippen molar-refractivity contribution in [3.63, 3.8) is 0 Å². The van der Waals surface area contributed by atoms with Crippen molar-refractivity contribution in [2.45, 2.75) is 13.0 Å². The summed E-state index contributed by atoms with van der Waals surface area (Å²) in [5.41, 5.74) is 0.926. The molecule has 0 radical (unpaired) electrons. The molecule has 1 unspecified atom stereocenters. The van der Waals surface area contributed by atoms with Gasteiger partial charge in [0.25, 0.3) is 0 Å². The van der Waals surface area contributed by atoms with Crippen LogP contribution >= 0.6 is 15.9 Å². The van der Waals surface area contributed by atoms with E-state index in [4.69, 9.17) is 4.74 Å². The van der Waals surface area contributed by atoms with Gasteiger partial charge in [-0.3, -0.25) is 0 Å². The van der Waals surface area contributed by atoms with Crippen LogP contribution in [0.2, 0.25) is 0 Å². The zero-order valence-electron chi connectivity index (χ0n) is 10.9. The maximum absolute atomic E-state index is 5.01. The van der Waals surface area contributed by atoms with Gasteiger partial charge in [0.05, 0.1) is 18.3 Å². The van der Waals surface area contributed by atoms with Crippen LogP contribution < -0.4 is 5.32 Å².